The van der Waals surface area contributed by atoms with E-state index in [2.05, 4.69) is 28.7 Å². The van der Waals surface area contributed by atoms with Crippen LogP contribution in [0, 0.1) is 11.8 Å². The molecule has 27 heavy (non-hydrogen) atoms. The second kappa shape index (κ2) is 9.21. The van der Waals surface area contributed by atoms with E-state index in [9.17, 15) is 4.79 Å². The first-order valence-electron chi connectivity index (χ1n) is 8.69. The lowest BCUT2D eigenvalue weighted by atomic mass is 10.1. The largest absolute Gasteiger partial charge is 0.481 e. The third-order valence-corrected chi connectivity index (χ3v) is 3.93. The fourth-order valence-corrected chi connectivity index (χ4v) is 2.60. The summed E-state index contributed by atoms with van der Waals surface area (Å²) in [6, 6.07) is 19.1. The van der Waals surface area contributed by atoms with Crippen molar-refractivity contribution in [2.75, 3.05) is 13.2 Å². The molecule has 0 spiro atoms. The number of hydrogen-bond acceptors (Lipinski definition) is 3. The van der Waals surface area contributed by atoms with E-state index < -0.39 is 0 Å². The fourth-order valence-electron chi connectivity index (χ4n) is 2.60. The van der Waals surface area contributed by atoms with E-state index in [1.54, 1.807) is 6.07 Å². The van der Waals surface area contributed by atoms with Crippen LogP contribution in [0.2, 0.25) is 0 Å². The van der Waals surface area contributed by atoms with Crippen molar-refractivity contribution >= 4 is 16.8 Å². The lowest BCUT2D eigenvalue weighted by Crippen LogP contribution is -2.24. The van der Waals surface area contributed by atoms with Gasteiger partial charge >= 0.3 is 0 Å². The highest BCUT2D eigenvalue weighted by atomic mass is 16.5. The third-order valence-electron chi connectivity index (χ3n) is 3.93. The first-order valence-corrected chi connectivity index (χ1v) is 8.69. The fraction of sp³-hybridized carbons (Fsp3) is 0.130. The molecular formula is C23H20N2O2. The highest BCUT2D eigenvalue weighted by Gasteiger charge is 2.06. The normalized spacial score (nSPS) is 9.93. The molecule has 0 bridgehead atoms. The molecular weight excluding hydrogens is 336 g/mol. The van der Waals surface area contributed by atoms with Gasteiger partial charge in [0.25, 0.3) is 5.91 Å². The summed E-state index contributed by atoms with van der Waals surface area (Å²) in [7, 11) is 0. The van der Waals surface area contributed by atoms with Gasteiger partial charge in [0.15, 0.2) is 0 Å². The molecule has 1 heterocycles. The number of carbonyl (C=O) groups excluding carboxylic acids is 1. The number of fused-ring (bicyclic) bond motifs is 1. The van der Waals surface area contributed by atoms with Crippen LogP contribution in [0.5, 0.6) is 5.75 Å². The number of ether oxygens (including phenoxy) is 1. The summed E-state index contributed by atoms with van der Waals surface area (Å²) in [4.78, 5) is 16.5. The molecule has 134 valence electrons. The molecule has 0 radical (unpaired) electrons. The average Bonchev–Trinajstić information content (AvgIpc) is 2.71. The lowest BCUT2D eigenvalue weighted by Gasteiger charge is -2.07. The van der Waals surface area contributed by atoms with Crippen molar-refractivity contribution in [2.45, 2.75) is 6.42 Å². The van der Waals surface area contributed by atoms with Crippen molar-refractivity contribution in [3.05, 3.63) is 84.6 Å². The molecule has 0 atom stereocenters. The van der Waals surface area contributed by atoms with Gasteiger partial charge < -0.3 is 10.1 Å². The number of nitrogens with one attached hydrogen (secondary N) is 1. The summed E-state index contributed by atoms with van der Waals surface area (Å²) < 4.78 is 5.68. The van der Waals surface area contributed by atoms with Gasteiger partial charge in [-0.05, 0) is 30.2 Å². The van der Waals surface area contributed by atoms with Crippen molar-refractivity contribution < 1.29 is 9.53 Å². The maximum absolute atomic E-state index is 12.2. The SMILES string of the molecule is C=CCc1ccccc1OCC#CCNC(=O)c1ccc2ccccc2n1. The maximum atomic E-state index is 12.2. The summed E-state index contributed by atoms with van der Waals surface area (Å²) in [6.45, 7) is 4.25. The number of para-hydroxylation sites is 2. The van der Waals surface area contributed by atoms with Crippen LogP contribution in [0.25, 0.3) is 10.9 Å². The first kappa shape index (κ1) is 18.2. The lowest BCUT2D eigenvalue weighted by molar-refractivity contribution is 0.0954. The predicted molar refractivity (Wildman–Crippen MR) is 108 cm³/mol. The Balaban J connectivity index is 1.50. The van der Waals surface area contributed by atoms with Crippen LogP contribution in [0.4, 0.5) is 0 Å². The summed E-state index contributed by atoms with van der Waals surface area (Å²) >= 11 is 0. The number of benzene rings is 2. The van der Waals surface area contributed by atoms with E-state index >= 15 is 0 Å². The van der Waals surface area contributed by atoms with E-state index in [4.69, 9.17) is 4.74 Å². The zero-order valence-corrected chi connectivity index (χ0v) is 14.9. The van der Waals surface area contributed by atoms with Gasteiger partial charge in [0.2, 0.25) is 0 Å². The highest BCUT2D eigenvalue weighted by molar-refractivity contribution is 5.94. The van der Waals surface area contributed by atoms with Crippen LogP contribution in [0.3, 0.4) is 0 Å². The van der Waals surface area contributed by atoms with Crippen molar-refractivity contribution in [3.8, 4) is 17.6 Å². The highest BCUT2D eigenvalue weighted by Crippen LogP contribution is 2.18. The molecule has 1 amide bonds. The second-order valence-corrected chi connectivity index (χ2v) is 5.81. The average molecular weight is 356 g/mol. The van der Waals surface area contributed by atoms with Gasteiger partial charge in [-0.25, -0.2) is 4.98 Å². The number of hydrogen-bond donors (Lipinski definition) is 1. The molecule has 2 aromatic carbocycles. The molecule has 0 saturated heterocycles. The van der Waals surface area contributed by atoms with Gasteiger partial charge in [0.1, 0.15) is 18.1 Å². The zero-order valence-electron chi connectivity index (χ0n) is 14.9. The minimum atomic E-state index is -0.243. The number of carbonyl (C=O) groups is 1. The van der Waals surface area contributed by atoms with Crippen molar-refractivity contribution in [1.82, 2.24) is 10.3 Å². The molecule has 3 aromatic rings. The van der Waals surface area contributed by atoms with Gasteiger partial charge in [0, 0.05) is 5.39 Å². The first-order chi connectivity index (χ1) is 13.3. The van der Waals surface area contributed by atoms with Gasteiger partial charge in [-0.2, -0.15) is 0 Å². The molecule has 3 rings (SSSR count). The van der Waals surface area contributed by atoms with E-state index in [0.29, 0.717) is 5.69 Å². The number of allylic oxidation sites excluding steroid dienone is 1. The molecule has 0 unspecified atom stereocenters. The Bertz CT molecular complexity index is 1020. The van der Waals surface area contributed by atoms with Crippen molar-refractivity contribution in [1.29, 1.82) is 0 Å². The van der Waals surface area contributed by atoms with Crippen LogP contribution in [-0.4, -0.2) is 24.0 Å². The molecule has 4 heteroatoms. The van der Waals surface area contributed by atoms with E-state index in [1.165, 1.54) is 0 Å². The standard InChI is InChI=1S/C23H20N2O2/c1-2-9-19-11-4-6-13-22(19)27-17-8-7-16-24-23(26)21-15-14-18-10-3-5-12-20(18)25-21/h2-6,10-15H,1,9,16-17H2,(H,24,26). The van der Waals surface area contributed by atoms with E-state index in [-0.39, 0.29) is 19.1 Å². The van der Waals surface area contributed by atoms with Crippen molar-refractivity contribution in [3.63, 3.8) is 0 Å². The molecule has 0 aliphatic rings. The third kappa shape index (κ3) is 4.96. The Labute approximate surface area is 158 Å². The van der Waals surface area contributed by atoms with Crippen molar-refractivity contribution in [2.24, 2.45) is 0 Å². The van der Waals surface area contributed by atoms with E-state index in [0.717, 1.165) is 28.6 Å². The minimum Gasteiger partial charge on any atom is -0.481 e. The Hall–Kier alpha value is -3.58. The molecule has 4 nitrogen and oxygen atoms in total. The van der Waals surface area contributed by atoms with Gasteiger partial charge in [-0.3, -0.25) is 4.79 Å². The number of pyridine rings is 1. The van der Waals surface area contributed by atoms with Crippen LogP contribution < -0.4 is 10.1 Å². The van der Waals surface area contributed by atoms with Gasteiger partial charge in [0.05, 0.1) is 12.1 Å². The Morgan fingerprint density at radius 2 is 1.89 bits per heavy atom. The van der Waals surface area contributed by atoms with Crippen LogP contribution in [0.15, 0.2) is 73.3 Å². The number of nitrogens with zero attached hydrogens (tertiary/aromatic N) is 1. The maximum Gasteiger partial charge on any atom is 0.270 e. The smallest absolute Gasteiger partial charge is 0.270 e. The summed E-state index contributed by atoms with van der Waals surface area (Å²) in [5.74, 6) is 6.36. The molecule has 1 aromatic heterocycles. The minimum absolute atomic E-state index is 0.241. The van der Waals surface area contributed by atoms with Crippen LogP contribution in [-0.2, 0) is 6.42 Å². The molecule has 1 N–H and O–H groups in total. The number of rotatable bonds is 6. The quantitative estimate of drug-likeness (QED) is 0.540. The monoisotopic (exact) mass is 356 g/mol. The number of amides is 1. The van der Waals surface area contributed by atoms with Gasteiger partial charge in [-0.1, -0.05) is 60.4 Å². The Morgan fingerprint density at radius 1 is 1.07 bits per heavy atom. The topological polar surface area (TPSA) is 51.2 Å². The Kier molecular flexibility index (Phi) is 6.21. The summed E-state index contributed by atoms with van der Waals surface area (Å²) in [5, 5.41) is 3.75. The molecule has 0 aliphatic carbocycles. The molecule has 0 fully saturated rings. The van der Waals surface area contributed by atoms with Gasteiger partial charge in [-0.15, -0.1) is 6.58 Å². The van der Waals surface area contributed by atoms with Crippen LogP contribution in [0.1, 0.15) is 16.1 Å². The van der Waals surface area contributed by atoms with E-state index in [1.807, 2.05) is 60.7 Å². The number of aromatic nitrogens is 1. The second-order valence-electron chi connectivity index (χ2n) is 5.81. The zero-order chi connectivity index (χ0) is 18.9. The molecule has 0 saturated carbocycles. The molecule has 0 aliphatic heterocycles. The summed E-state index contributed by atoms with van der Waals surface area (Å²) in [6.07, 6.45) is 2.59. The summed E-state index contributed by atoms with van der Waals surface area (Å²) in [5.41, 5.74) is 2.25. The van der Waals surface area contributed by atoms with Crippen LogP contribution >= 0.6 is 0 Å². The predicted octanol–water partition coefficient (Wildman–Crippen LogP) is 3.78. The Morgan fingerprint density at radius 3 is 2.78 bits per heavy atom.